The van der Waals surface area contributed by atoms with Crippen LogP contribution in [0.15, 0.2) is 24.3 Å². The largest absolute Gasteiger partial charge is 0.369 e. The summed E-state index contributed by atoms with van der Waals surface area (Å²) in [4.78, 5) is 11.2. The second-order valence-electron chi connectivity index (χ2n) is 5.33. The number of nitrogens with one attached hydrogen (secondary N) is 1. The number of hydrogen-bond donors (Lipinski definition) is 2. The van der Waals surface area contributed by atoms with E-state index in [1.165, 1.54) is 6.07 Å². The monoisotopic (exact) mass is 252 g/mol. The number of carbonyl (C=O) groups is 1. The summed E-state index contributed by atoms with van der Waals surface area (Å²) in [6, 6.07) is 6.80. The minimum atomic E-state index is -0.594. The molecule has 0 bridgehead atoms. The minimum Gasteiger partial charge on any atom is -0.369 e. The maximum Gasteiger partial charge on any atom is 0.224 e. The SMILES string of the molecule is CC(Cc1ccccc1F)NCC(C)(C)C(N)=O. The Labute approximate surface area is 108 Å². The van der Waals surface area contributed by atoms with E-state index in [0.29, 0.717) is 18.5 Å². The molecule has 0 spiro atoms. The van der Waals surface area contributed by atoms with Crippen LogP contribution in [0.5, 0.6) is 0 Å². The molecule has 100 valence electrons. The molecule has 0 aliphatic heterocycles. The average molecular weight is 252 g/mol. The van der Waals surface area contributed by atoms with Gasteiger partial charge in [-0.2, -0.15) is 0 Å². The first-order valence-corrected chi connectivity index (χ1v) is 6.09. The lowest BCUT2D eigenvalue weighted by Gasteiger charge is -2.24. The van der Waals surface area contributed by atoms with E-state index >= 15 is 0 Å². The zero-order valence-corrected chi connectivity index (χ0v) is 11.2. The quantitative estimate of drug-likeness (QED) is 0.812. The zero-order chi connectivity index (χ0) is 13.8. The van der Waals surface area contributed by atoms with Crippen molar-refractivity contribution in [3.8, 4) is 0 Å². The van der Waals surface area contributed by atoms with Crippen LogP contribution < -0.4 is 11.1 Å². The number of amides is 1. The number of rotatable bonds is 6. The van der Waals surface area contributed by atoms with Gasteiger partial charge in [0.15, 0.2) is 0 Å². The molecule has 0 saturated heterocycles. The van der Waals surface area contributed by atoms with E-state index in [-0.39, 0.29) is 17.8 Å². The molecule has 0 aromatic heterocycles. The van der Waals surface area contributed by atoms with E-state index in [4.69, 9.17) is 5.73 Å². The third kappa shape index (κ3) is 4.11. The average Bonchev–Trinajstić information content (AvgIpc) is 2.29. The van der Waals surface area contributed by atoms with E-state index in [2.05, 4.69) is 5.32 Å². The first-order chi connectivity index (χ1) is 8.33. The Hall–Kier alpha value is -1.42. The van der Waals surface area contributed by atoms with Gasteiger partial charge in [-0.05, 0) is 38.8 Å². The number of carbonyl (C=O) groups excluding carboxylic acids is 1. The van der Waals surface area contributed by atoms with Crippen LogP contribution in [0.3, 0.4) is 0 Å². The van der Waals surface area contributed by atoms with Gasteiger partial charge < -0.3 is 11.1 Å². The van der Waals surface area contributed by atoms with Crippen LogP contribution in [0.2, 0.25) is 0 Å². The fourth-order valence-electron chi connectivity index (χ4n) is 1.58. The van der Waals surface area contributed by atoms with Crippen molar-refractivity contribution in [3.05, 3.63) is 35.6 Å². The molecule has 0 saturated carbocycles. The second kappa shape index (κ2) is 5.96. The molecular weight excluding hydrogens is 231 g/mol. The molecule has 0 radical (unpaired) electrons. The van der Waals surface area contributed by atoms with Crippen LogP contribution in [-0.4, -0.2) is 18.5 Å². The molecule has 18 heavy (non-hydrogen) atoms. The second-order valence-corrected chi connectivity index (χ2v) is 5.33. The first kappa shape index (κ1) is 14.6. The Morgan fingerprint density at radius 3 is 2.61 bits per heavy atom. The maximum absolute atomic E-state index is 13.5. The number of primary amides is 1. The highest BCUT2D eigenvalue weighted by atomic mass is 19.1. The lowest BCUT2D eigenvalue weighted by Crippen LogP contribution is -2.43. The molecule has 4 heteroatoms. The third-order valence-corrected chi connectivity index (χ3v) is 3.04. The maximum atomic E-state index is 13.5. The lowest BCUT2D eigenvalue weighted by atomic mass is 9.92. The molecular formula is C14H21FN2O. The van der Waals surface area contributed by atoms with Crippen LogP contribution in [0.4, 0.5) is 4.39 Å². The topological polar surface area (TPSA) is 55.1 Å². The van der Waals surface area contributed by atoms with Crippen LogP contribution in [0.25, 0.3) is 0 Å². The van der Waals surface area contributed by atoms with E-state index in [0.717, 1.165) is 0 Å². The van der Waals surface area contributed by atoms with Gasteiger partial charge in [-0.1, -0.05) is 18.2 Å². The van der Waals surface area contributed by atoms with Gasteiger partial charge in [0.2, 0.25) is 5.91 Å². The summed E-state index contributed by atoms with van der Waals surface area (Å²) in [5.74, 6) is -0.534. The number of halogens is 1. The molecule has 1 rings (SSSR count). The molecule has 0 fully saturated rings. The Bertz CT molecular complexity index is 418. The van der Waals surface area contributed by atoms with Crippen molar-refractivity contribution in [2.75, 3.05) is 6.54 Å². The van der Waals surface area contributed by atoms with E-state index < -0.39 is 5.41 Å². The van der Waals surface area contributed by atoms with Crippen molar-refractivity contribution in [2.45, 2.75) is 33.2 Å². The Morgan fingerprint density at radius 2 is 2.06 bits per heavy atom. The van der Waals surface area contributed by atoms with Crippen molar-refractivity contribution < 1.29 is 9.18 Å². The number of nitrogens with two attached hydrogens (primary N) is 1. The normalized spacial score (nSPS) is 13.3. The van der Waals surface area contributed by atoms with Gasteiger partial charge in [0.05, 0.1) is 5.41 Å². The van der Waals surface area contributed by atoms with Crippen LogP contribution in [0.1, 0.15) is 26.3 Å². The lowest BCUT2D eigenvalue weighted by molar-refractivity contribution is -0.125. The molecule has 1 atom stereocenters. The predicted octanol–water partition coefficient (Wildman–Crippen LogP) is 1.86. The van der Waals surface area contributed by atoms with Gasteiger partial charge in [-0.25, -0.2) is 4.39 Å². The summed E-state index contributed by atoms with van der Waals surface area (Å²) < 4.78 is 13.5. The summed E-state index contributed by atoms with van der Waals surface area (Å²) in [6.07, 6.45) is 0.585. The Kier molecular flexibility index (Phi) is 4.84. The molecule has 1 amide bonds. The van der Waals surface area contributed by atoms with Crippen molar-refractivity contribution >= 4 is 5.91 Å². The summed E-state index contributed by atoms with van der Waals surface area (Å²) in [7, 11) is 0. The Balaban J connectivity index is 2.50. The molecule has 0 aliphatic carbocycles. The highest BCUT2D eigenvalue weighted by Crippen LogP contribution is 2.13. The third-order valence-electron chi connectivity index (χ3n) is 3.04. The van der Waals surface area contributed by atoms with Gasteiger partial charge in [-0.15, -0.1) is 0 Å². The smallest absolute Gasteiger partial charge is 0.224 e. The van der Waals surface area contributed by atoms with E-state index in [9.17, 15) is 9.18 Å². The fourth-order valence-corrected chi connectivity index (χ4v) is 1.58. The van der Waals surface area contributed by atoms with E-state index in [1.54, 1.807) is 26.0 Å². The molecule has 1 aromatic carbocycles. The van der Waals surface area contributed by atoms with Gasteiger partial charge in [0, 0.05) is 12.6 Å². The molecule has 0 heterocycles. The summed E-state index contributed by atoms with van der Waals surface area (Å²) in [5.41, 5.74) is 5.38. The van der Waals surface area contributed by atoms with E-state index in [1.807, 2.05) is 13.0 Å². The van der Waals surface area contributed by atoms with Gasteiger partial charge >= 0.3 is 0 Å². The van der Waals surface area contributed by atoms with Crippen molar-refractivity contribution in [3.63, 3.8) is 0 Å². The first-order valence-electron chi connectivity index (χ1n) is 6.09. The zero-order valence-electron chi connectivity index (χ0n) is 11.2. The van der Waals surface area contributed by atoms with Gasteiger partial charge in [-0.3, -0.25) is 4.79 Å². The minimum absolute atomic E-state index is 0.0838. The molecule has 0 aliphatic rings. The highest BCUT2D eigenvalue weighted by Gasteiger charge is 2.25. The van der Waals surface area contributed by atoms with Crippen LogP contribution in [0, 0.1) is 11.2 Å². The molecule has 1 aromatic rings. The molecule has 3 nitrogen and oxygen atoms in total. The predicted molar refractivity (Wildman–Crippen MR) is 70.5 cm³/mol. The van der Waals surface area contributed by atoms with Gasteiger partial charge in [0.1, 0.15) is 5.82 Å². The standard InChI is InChI=1S/C14H21FN2O/c1-10(17-9-14(2,3)13(16)18)8-11-6-4-5-7-12(11)15/h4-7,10,17H,8-9H2,1-3H3,(H2,16,18). The number of hydrogen-bond acceptors (Lipinski definition) is 2. The Morgan fingerprint density at radius 1 is 1.44 bits per heavy atom. The van der Waals surface area contributed by atoms with Gasteiger partial charge in [0.25, 0.3) is 0 Å². The van der Waals surface area contributed by atoms with Crippen LogP contribution in [-0.2, 0) is 11.2 Å². The summed E-state index contributed by atoms with van der Waals surface area (Å²) in [5, 5.41) is 3.21. The highest BCUT2D eigenvalue weighted by molar-refractivity contribution is 5.80. The van der Waals surface area contributed by atoms with Crippen LogP contribution >= 0.6 is 0 Å². The van der Waals surface area contributed by atoms with Crippen molar-refractivity contribution in [1.29, 1.82) is 0 Å². The van der Waals surface area contributed by atoms with Crippen molar-refractivity contribution in [2.24, 2.45) is 11.1 Å². The van der Waals surface area contributed by atoms with Crippen molar-refractivity contribution in [1.82, 2.24) is 5.32 Å². The summed E-state index contributed by atoms with van der Waals surface area (Å²) in [6.45, 7) is 6.03. The fraction of sp³-hybridized carbons (Fsp3) is 0.500. The number of benzene rings is 1. The molecule has 1 unspecified atom stereocenters. The summed E-state index contributed by atoms with van der Waals surface area (Å²) >= 11 is 0. The molecule has 3 N–H and O–H groups in total.